The van der Waals surface area contributed by atoms with Gasteiger partial charge in [-0.2, -0.15) is 0 Å². The minimum absolute atomic E-state index is 0.0413. The van der Waals surface area contributed by atoms with E-state index in [1.807, 2.05) is 13.8 Å². The first kappa shape index (κ1) is 22.6. The molecule has 0 saturated carbocycles. The number of ketones is 1. The maximum absolute atomic E-state index is 13.4. The monoisotopic (exact) mass is 470 g/mol. The molecule has 7 heteroatoms. The molecule has 1 aliphatic carbocycles. The predicted octanol–water partition coefficient (Wildman–Crippen LogP) is 6.12. The topological polar surface area (TPSA) is 66.5 Å². The molecule has 0 spiro atoms. The molecule has 2 aromatic rings. The molecule has 5 nitrogen and oxygen atoms in total. The van der Waals surface area contributed by atoms with E-state index in [1.54, 1.807) is 47.4 Å². The van der Waals surface area contributed by atoms with Crippen molar-refractivity contribution in [1.82, 2.24) is 0 Å². The molecular weight excluding hydrogens is 447 g/mol. The van der Waals surface area contributed by atoms with Crippen LogP contribution in [0.3, 0.4) is 0 Å². The highest BCUT2D eigenvalue weighted by atomic mass is 35.5. The Morgan fingerprint density at radius 3 is 2.38 bits per heavy atom. The average Bonchev–Trinajstić information content (AvgIpc) is 2.67. The van der Waals surface area contributed by atoms with Gasteiger partial charge in [0.05, 0.1) is 0 Å². The first-order valence-corrected chi connectivity index (χ1v) is 11.2. The molecule has 0 saturated heterocycles. The number of hydrogen-bond acceptors (Lipinski definition) is 3. The fourth-order valence-electron chi connectivity index (χ4n) is 4.66. The summed E-state index contributed by atoms with van der Waals surface area (Å²) in [5, 5.41) is 3.69. The average molecular weight is 471 g/mol. The summed E-state index contributed by atoms with van der Waals surface area (Å²) in [6.07, 6.45) is 1.14. The van der Waals surface area contributed by atoms with Gasteiger partial charge >= 0.3 is 0 Å². The van der Waals surface area contributed by atoms with E-state index in [4.69, 9.17) is 23.2 Å². The van der Waals surface area contributed by atoms with Crippen LogP contribution in [0.1, 0.15) is 51.5 Å². The summed E-state index contributed by atoms with van der Waals surface area (Å²) in [6.45, 7) is 5.52. The molecule has 166 valence electrons. The van der Waals surface area contributed by atoms with Crippen LogP contribution in [0.4, 0.5) is 11.4 Å². The third-order valence-electron chi connectivity index (χ3n) is 5.93. The lowest BCUT2D eigenvalue weighted by atomic mass is 9.69. The second-order valence-electron chi connectivity index (χ2n) is 9.18. The highest BCUT2D eigenvalue weighted by Crippen LogP contribution is 2.49. The fraction of sp³-hybridized carbons (Fsp3) is 0.320. The van der Waals surface area contributed by atoms with Gasteiger partial charge in [-0.1, -0.05) is 43.1 Å². The minimum Gasteiger partial charge on any atom is -0.326 e. The smallest absolute Gasteiger partial charge is 0.232 e. The summed E-state index contributed by atoms with van der Waals surface area (Å²) in [5.74, 6) is -0.628. The minimum atomic E-state index is -0.402. The van der Waals surface area contributed by atoms with Crippen LogP contribution >= 0.6 is 23.2 Å². The summed E-state index contributed by atoms with van der Waals surface area (Å²) in [6, 6.07) is 12.3. The van der Waals surface area contributed by atoms with Crippen molar-refractivity contribution in [2.45, 2.75) is 46.0 Å². The number of allylic oxidation sites excluding steroid dienone is 2. The number of Topliss-reactive ketones (excluding diaryl/α,β-unsaturated/α-hetero) is 1. The molecule has 1 aliphatic heterocycles. The standard InChI is InChI=1S/C25H24Cl2N2O3/c1-14(30)28-16-5-7-17(8-6-16)29-21-12-25(2,3)13-22(31)24(21)19(11-23(29)32)18-9-4-15(26)10-20(18)27/h4-10,19H,11-13H2,1-3H3,(H,28,30). The Hall–Kier alpha value is -2.63. The van der Waals surface area contributed by atoms with Crippen LogP contribution in [0.5, 0.6) is 0 Å². The molecule has 32 heavy (non-hydrogen) atoms. The SMILES string of the molecule is CC(=O)Nc1ccc(N2C(=O)CC(c3ccc(Cl)cc3Cl)C3=C2CC(C)(C)CC3=O)cc1. The molecular formula is C25H24Cl2N2O3. The summed E-state index contributed by atoms with van der Waals surface area (Å²) in [4.78, 5) is 39.8. The van der Waals surface area contributed by atoms with Crippen LogP contribution in [0.25, 0.3) is 0 Å². The zero-order valence-electron chi connectivity index (χ0n) is 18.2. The second-order valence-corrected chi connectivity index (χ2v) is 10.0. The molecule has 0 aromatic heterocycles. The van der Waals surface area contributed by atoms with E-state index in [0.29, 0.717) is 39.8 Å². The van der Waals surface area contributed by atoms with E-state index >= 15 is 0 Å². The number of amides is 2. The first-order chi connectivity index (χ1) is 15.1. The van der Waals surface area contributed by atoms with Crippen molar-refractivity contribution >= 4 is 52.2 Å². The quantitative estimate of drug-likeness (QED) is 0.587. The number of nitrogens with one attached hydrogen (secondary N) is 1. The first-order valence-electron chi connectivity index (χ1n) is 10.5. The van der Waals surface area contributed by atoms with Gasteiger partial charge in [0.2, 0.25) is 11.8 Å². The Kier molecular flexibility index (Phi) is 5.91. The van der Waals surface area contributed by atoms with E-state index in [9.17, 15) is 14.4 Å². The van der Waals surface area contributed by atoms with Crippen LogP contribution in [0.15, 0.2) is 53.7 Å². The molecule has 2 amide bonds. The maximum Gasteiger partial charge on any atom is 0.232 e. The number of anilines is 2. The van der Waals surface area contributed by atoms with Gasteiger partial charge in [-0.15, -0.1) is 0 Å². The Morgan fingerprint density at radius 1 is 1.06 bits per heavy atom. The lowest BCUT2D eigenvalue weighted by molar-refractivity contribution is -0.121. The molecule has 4 rings (SSSR count). The van der Waals surface area contributed by atoms with Crippen molar-refractivity contribution in [3.05, 3.63) is 69.3 Å². The van der Waals surface area contributed by atoms with Crippen LogP contribution in [0, 0.1) is 5.41 Å². The molecule has 1 N–H and O–H groups in total. The van der Waals surface area contributed by atoms with Crippen molar-refractivity contribution in [2.75, 3.05) is 10.2 Å². The number of carbonyl (C=O) groups excluding carboxylic acids is 3. The van der Waals surface area contributed by atoms with Gasteiger partial charge in [0, 0.05) is 58.4 Å². The molecule has 1 atom stereocenters. The fourth-order valence-corrected chi connectivity index (χ4v) is 5.20. The van der Waals surface area contributed by atoms with E-state index in [2.05, 4.69) is 5.32 Å². The largest absolute Gasteiger partial charge is 0.326 e. The van der Waals surface area contributed by atoms with Crippen molar-refractivity contribution in [3.63, 3.8) is 0 Å². The van der Waals surface area contributed by atoms with Crippen LogP contribution in [0.2, 0.25) is 10.0 Å². The zero-order valence-corrected chi connectivity index (χ0v) is 19.7. The van der Waals surface area contributed by atoms with Gasteiger partial charge in [-0.05, 0) is 53.8 Å². The number of nitrogens with zero attached hydrogens (tertiary/aromatic N) is 1. The molecule has 0 radical (unpaired) electrons. The van der Waals surface area contributed by atoms with Gasteiger partial charge in [-0.3, -0.25) is 19.3 Å². The second kappa shape index (κ2) is 8.38. The number of halogens is 2. The predicted molar refractivity (Wildman–Crippen MR) is 127 cm³/mol. The highest BCUT2D eigenvalue weighted by Gasteiger charge is 2.44. The number of benzene rings is 2. The normalized spacial score (nSPS) is 20.3. The molecule has 0 bridgehead atoms. The Labute approximate surface area is 197 Å². The molecule has 2 aliphatic rings. The summed E-state index contributed by atoms with van der Waals surface area (Å²) < 4.78 is 0. The highest BCUT2D eigenvalue weighted by molar-refractivity contribution is 6.35. The van der Waals surface area contributed by atoms with Crippen molar-refractivity contribution in [3.8, 4) is 0 Å². The van der Waals surface area contributed by atoms with Crippen molar-refractivity contribution in [1.29, 1.82) is 0 Å². The molecule has 0 fully saturated rings. The molecule has 1 heterocycles. The Bertz CT molecular complexity index is 1150. The lowest BCUT2D eigenvalue weighted by Gasteiger charge is -2.43. The third kappa shape index (κ3) is 4.32. The van der Waals surface area contributed by atoms with E-state index in [0.717, 1.165) is 11.3 Å². The zero-order chi connectivity index (χ0) is 23.2. The number of rotatable bonds is 3. The van der Waals surface area contributed by atoms with Gasteiger partial charge in [-0.25, -0.2) is 0 Å². The van der Waals surface area contributed by atoms with Crippen LogP contribution in [-0.2, 0) is 14.4 Å². The molecule has 2 aromatic carbocycles. The Morgan fingerprint density at radius 2 is 1.75 bits per heavy atom. The van der Waals surface area contributed by atoms with Crippen molar-refractivity contribution < 1.29 is 14.4 Å². The van der Waals surface area contributed by atoms with E-state index in [1.165, 1.54) is 6.92 Å². The van der Waals surface area contributed by atoms with Gasteiger partial charge in [0.25, 0.3) is 0 Å². The van der Waals surface area contributed by atoms with Gasteiger partial charge < -0.3 is 5.32 Å². The summed E-state index contributed by atoms with van der Waals surface area (Å²) >= 11 is 12.6. The van der Waals surface area contributed by atoms with E-state index in [-0.39, 0.29) is 29.4 Å². The van der Waals surface area contributed by atoms with Gasteiger partial charge in [0.15, 0.2) is 5.78 Å². The maximum atomic E-state index is 13.4. The lowest BCUT2D eigenvalue weighted by Crippen LogP contribution is -2.43. The molecule has 1 unspecified atom stereocenters. The number of hydrogen-bond donors (Lipinski definition) is 1. The van der Waals surface area contributed by atoms with Crippen LogP contribution in [-0.4, -0.2) is 17.6 Å². The van der Waals surface area contributed by atoms with Gasteiger partial charge in [0.1, 0.15) is 0 Å². The Balaban J connectivity index is 1.84. The summed E-state index contributed by atoms with van der Waals surface area (Å²) in [5.41, 5.74) is 3.17. The van der Waals surface area contributed by atoms with E-state index < -0.39 is 5.92 Å². The summed E-state index contributed by atoms with van der Waals surface area (Å²) in [7, 11) is 0. The third-order valence-corrected chi connectivity index (χ3v) is 6.49. The van der Waals surface area contributed by atoms with Crippen LogP contribution < -0.4 is 10.2 Å². The number of carbonyl (C=O) groups is 3. The van der Waals surface area contributed by atoms with Crippen molar-refractivity contribution in [2.24, 2.45) is 5.41 Å².